The van der Waals surface area contributed by atoms with Crippen LogP contribution in [0.3, 0.4) is 0 Å². The summed E-state index contributed by atoms with van der Waals surface area (Å²) >= 11 is 3.42. The largest absolute Gasteiger partial charge is 0.457 e. The van der Waals surface area contributed by atoms with E-state index in [1.54, 1.807) is 6.26 Å². The Bertz CT molecular complexity index is 400. The molecule has 3 rings (SSSR count). The fourth-order valence-corrected chi connectivity index (χ4v) is 3.59. The third-order valence-electron chi connectivity index (χ3n) is 4.31. The summed E-state index contributed by atoms with van der Waals surface area (Å²) in [6.45, 7) is 0.855. The van der Waals surface area contributed by atoms with Gasteiger partial charge in [0.15, 0.2) is 4.67 Å². The Morgan fingerprint density at radius 3 is 2.88 bits per heavy atom. The molecule has 1 aromatic rings. The smallest absolute Gasteiger partial charge is 0.173 e. The molecule has 0 aromatic carbocycles. The zero-order valence-electron chi connectivity index (χ0n) is 9.82. The SMILES string of the molecule is NC(c1ccoc1Br)C1CCOC2(CCC2)C1. The minimum atomic E-state index is 0.0597. The third-order valence-corrected chi connectivity index (χ3v) is 4.95. The lowest BCUT2D eigenvalue weighted by atomic mass is 9.70. The fraction of sp³-hybridized carbons (Fsp3) is 0.692. The molecule has 1 aliphatic carbocycles. The van der Waals surface area contributed by atoms with Crippen molar-refractivity contribution in [1.82, 2.24) is 0 Å². The van der Waals surface area contributed by atoms with Gasteiger partial charge in [-0.2, -0.15) is 0 Å². The second-order valence-electron chi connectivity index (χ2n) is 5.31. The van der Waals surface area contributed by atoms with Crippen molar-refractivity contribution in [2.75, 3.05) is 6.61 Å². The zero-order chi connectivity index (χ0) is 11.9. The molecule has 1 spiro atoms. The van der Waals surface area contributed by atoms with E-state index in [1.807, 2.05) is 6.07 Å². The minimum Gasteiger partial charge on any atom is -0.457 e. The number of hydrogen-bond donors (Lipinski definition) is 1. The Labute approximate surface area is 110 Å². The molecule has 94 valence electrons. The maximum absolute atomic E-state index is 6.37. The Morgan fingerprint density at radius 2 is 2.29 bits per heavy atom. The molecule has 0 bridgehead atoms. The highest BCUT2D eigenvalue weighted by atomic mass is 79.9. The van der Waals surface area contributed by atoms with Crippen molar-refractivity contribution in [2.24, 2.45) is 11.7 Å². The van der Waals surface area contributed by atoms with Crippen molar-refractivity contribution in [3.8, 4) is 0 Å². The number of furan rings is 1. The van der Waals surface area contributed by atoms with Crippen molar-refractivity contribution in [3.63, 3.8) is 0 Å². The summed E-state index contributed by atoms with van der Waals surface area (Å²) in [4.78, 5) is 0. The van der Waals surface area contributed by atoms with Crippen LogP contribution in [0.4, 0.5) is 0 Å². The van der Waals surface area contributed by atoms with Crippen LogP contribution in [-0.2, 0) is 4.74 Å². The first-order valence-corrected chi connectivity index (χ1v) is 7.12. The average molecular weight is 300 g/mol. The Hall–Kier alpha value is -0.320. The fourth-order valence-electron chi connectivity index (χ4n) is 3.09. The van der Waals surface area contributed by atoms with Crippen LogP contribution in [0.2, 0.25) is 0 Å². The highest BCUT2D eigenvalue weighted by Gasteiger charge is 2.44. The molecule has 2 atom stereocenters. The summed E-state index contributed by atoms with van der Waals surface area (Å²) in [5, 5.41) is 0. The molecular weight excluding hydrogens is 282 g/mol. The predicted molar refractivity (Wildman–Crippen MR) is 68.6 cm³/mol. The van der Waals surface area contributed by atoms with Gasteiger partial charge in [0, 0.05) is 18.2 Å². The van der Waals surface area contributed by atoms with Crippen LogP contribution in [0.15, 0.2) is 21.4 Å². The molecular formula is C13H18BrNO2. The van der Waals surface area contributed by atoms with Crippen molar-refractivity contribution in [2.45, 2.75) is 43.7 Å². The lowest BCUT2D eigenvalue weighted by Gasteiger charge is -2.48. The lowest BCUT2D eigenvalue weighted by molar-refractivity contribution is -0.146. The van der Waals surface area contributed by atoms with Crippen molar-refractivity contribution in [3.05, 3.63) is 22.6 Å². The number of ether oxygens (including phenoxy) is 1. The molecule has 4 heteroatoms. The summed E-state index contributed by atoms with van der Waals surface area (Å²) in [7, 11) is 0. The van der Waals surface area contributed by atoms with E-state index in [9.17, 15) is 0 Å². The van der Waals surface area contributed by atoms with Crippen LogP contribution in [0.5, 0.6) is 0 Å². The van der Waals surface area contributed by atoms with Crippen LogP contribution in [0, 0.1) is 5.92 Å². The highest BCUT2D eigenvalue weighted by molar-refractivity contribution is 9.10. The van der Waals surface area contributed by atoms with Crippen LogP contribution in [0.1, 0.15) is 43.7 Å². The van der Waals surface area contributed by atoms with Crippen molar-refractivity contribution in [1.29, 1.82) is 0 Å². The second-order valence-corrected chi connectivity index (χ2v) is 6.03. The van der Waals surface area contributed by atoms with E-state index in [0.29, 0.717) is 5.92 Å². The van der Waals surface area contributed by atoms with Crippen molar-refractivity contribution < 1.29 is 9.15 Å². The molecule has 2 unspecified atom stereocenters. The summed E-state index contributed by atoms with van der Waals surface area (Å²) in [6, 6.07) is 2.03. The number of rotatable bonds is 2. The average Bonchev–Trinajstić information content (AvgIpc) is 2.73. The summed E-state index contributed by atoms with van der Waals surface area (Å²) in [5.74, 6) is 0.512. The summed E-state index contributed by atoms with van der Waals surface area (Å²) in [5.41, 5.74) is 7.62. The quantitative estimate of drug-likeness (QED) is 0.910. The first kappa shape index (κ1) is 11.8. The van der Waals surface area contributed by atoms with Crippen LogP contribution >= 0.6 is 15.9 Å². The van der Waals surface area contributed by atoms with E-state index in [-0.39, 0.29) is 11.6 Å². The molecule has 3 nitrogen and oxygen atoms in total. The molecule has 1 aromatic heterocycles. The van der Waals surface area contributed by atoms with E-state index in [4.69, 9.17) is 14.9 Å². The van der Waals surface area contributed by atoms with Gasteiger partial charge in [0.25, 0.3) is 0 Å². The van der Waals surface area contributed by atoms with Crippen LogP contribution in [-0.4, -0.2) is 12.2 Å². The monoisotopic (exact) mass is 299 g/mol. The van der Waals surface area contributed by atoms with Gasteiger partial charge < -0.3 is 14.9 Å². The van der Waals surface area contributed by atoms with Gasteiger partial charge in [-0.1, -0.05) is 0 Å². The van der Waals surface area contributed by atoms with Gasteiger partial charge >= 0.3 is 0 Å². The molecule has 2 aliphatic rings. The predicted octanol–water partition coefficient (Wildman–Crippen LogP) is 3.39. The van der Waals surface area contributed by atoms with Gasteiger partial charge in [0.1, 0.15) is 0 Å². The van der Waals surface area contributed by atoms with E-state index >= 15 is 0 Å². The van der Waals surface area contributed by atoms with Gasteiger partial charge in [0.05, 0.1) is 11.9 Å². The topological polar surface area (TPSA) is 48.4 Å². The number of nitrogens with two attached hydrogens (primary N) is 1. The van der Waals surface area contributed by atoms with Gasteiger partial charge in [-0.25, -0.2) is 0 Å². The highest BCUT2D eigenvalue weighted by Crippen LogP contribution is 2.47. The minimum absolute atomic E-state index is 0.0597. The van der Waals surface area contributed by atoms with E-state index < -0.39 is 0 Å². The van der Waals surface area contributed by atoms with E-state index in [1.165, 1.54) is 19.3 Å². The summed E-state index contributed by atoms with van der Waals surface area (Å²) in [6.07, 6.45) is 7.58. The molecule has 1 saturated heterocycles. The van der Waals surface area contributed by atoms with E-state index in [0.717, 1.165) is 29.7 Å². The first-order chi connectivity index (χ1) is 8.20. The van der Waals surface area contributed by atoms with Crippen LogP contribution in [0.25, 0.3) is 0 Å². The Morgan fingerprint density at radius 1 is 1.47 bits per heavy atom. The van der Waals surface area contributed by atoms with Crippen LogP contribution < -0.4 is 5.73 Å². The summed E-state index contributed by atoms with van der Waals surface area (Å²) < 4.78 is 12.0. The molecule has 1 saturated carbocycles. The molecule has 2 heterocycles. The second kappa shape index (κ2) is 4.41. The molecule has 2 fully saturated rings. The van der Waals surface area contributed by atoms with E-state index in [2.05, 4.69) is 15.9 Å². The first-order valence-electron chi connectivity index (χ1n) is 6.33. The maximum Gasteiger partial charge on any atom is 0.173 e. The third kappa shape index (κ3) is 2.07. The lowest BCUT2D eigenvalue weighted by Crippen LogP contribution is -2.47. The Balaban J connectivity index is 1.73. The molecule has 2 N–H and O–H groups in total. The molecule has 1 aliphatic heterocycles. The van der Waals surface area contributed by atoms with Gasteiger partial charge in [-0.15, -0.1) is 0 Å². The van der Waals surface area contributed by atoms with Gasteiger partial charge in [-0.3, -0.25) is 0 Å². The molecule has 17 heavy (non-hydrogen) atoms. The maximum atomic E-state index is 6.37. The standard InChI is InChI=1S/C13H18BrNO2/c14-12-10(3-6-16-12)11(15)9-2-7-17-13(8-9)4-1-5-13/h3,6,9,11H,1-2,4-5,7-8,15H2. The number of halogens is 1. The molecule has 0 amide bonds. The van der Waals surface area contributed by atoms with Gasteiger partial charge in [-0.05, 0) is 60.0 Å². The normalized spacial score (nSPS) is 28.9. The molecule has 0 radical (unpaired) electrons. The van der Waals surface area contributed by atoms with Gasteiger partial charge in [0.2, 0.25) is 0 Å². The number of hydrogen-bond acceptors (Lipinski definition) is 3. The zero-order valence-corrected chi connectivity index (χ0v) is 11.4. The van der Waals surface area contributed by atoms with Crippen molar-refractivity contribution >= 4 is 15.9 Å². The Kier molecular flexibility index (Phi) is 3.05.